The van der Waals surface area contributed by atoms with Gasteiger partial charge in [-0.1, -0.05) is 18.2 Å². The number of hydrogen-bond acceptors (Lipinski definition) is 1. The molecule has 2 rings (SSSR count). The average molecular weight is 142 g/mol. The van der Waals surface area contributed by atoms with Gasteiger partial charge in [-0.15, -0.1) is 0 Å². The van der Waals surface area contributed by atoms with E-state index in [2.05, 4.69) is 10.2 Å². The summed E-state index contributed by atoms with van der Waals surface area (Å²) >= 11 is 0. The van der Waals surface area contributed by atoms with Gasteiger partial charge < -0.3 is 0 Å². The number of para-hydroxylation sites is 1. The first-order chi connectivity index (χ1) is 4.47. The van der Waals surface area contributed by atoms with Gasteiger partial charge in [-0.25, -0.2) is 0 Å². The van der Waals surface area contributed by atoms with Crippen molar-refractivity contribution in [1.82, 2.24) is 10.2 Å². The minimum absolute atomic E-state index is 0. The Morgan fingerprint density at radius 2 is 2.00 bits per heavy atom. The van der Waals surface area contributed by atoms with Gasteiger partial charge in [0.15, 0.2) is 0 Å². The third-order valence-corrected chi connectivity index (χ3v) is 1.35. The monoisotopic (exact) mass is 142 g/mol. The van der Waals surface area contributed by atoms with Crippen LogP contribution in [0.4, 0.5) is 0 Å². The Morgan fingerprint density at radius 3 is 2.80 bits per heavy atom. The predicted octanol–water partition coefficient (Wildman–Crippen LogP) is 0.914. The van der Waals surface area contributed by atoms with Crippen LogP contribution in [0.3, 0.4) is 0 Å². The van der Waals surface area contributed by atoms with Crippen LogP contribution in [-0.4, -0.2) is 39.8 Å². The summed E-state index contributed by atoms with van der Waals surface area (Å²) in [5.41, 5.74) is 1.09. The summed E-state index contributed by atoms with van der Waals surface area (Å²) in [5.74, 6) is 0. The van der Waals surface area contributed by atoms with E-state index in [0.717, 1.165) is 10.9 Å². The number of H-pyrrole nitrogens is 1. The smallest absolute Gasteiger partial charge is 0.0650 e. The maximum absolute atomic E-state index is 3.88. The van der Waals surface area contributed by atoms with Crippen LogP contribution in [0.15, 0.2) is 30.5 Å². The summed E-state index contributed by atoms with van der Waals surface area (Å²) in [4.78, 5) is 0. The number of nitrogens with zero attached hydrogens (tertiary/aromatic N) is 1. The molecule has 1 heterocycles. The molecule has 0 aliphatic rings. The standard InChI is InChI=1S/C7H6N2.Na.H/c1-2-4-7-6(3-1)5-8-9-7;;/h1-5H,(H,8,9);;. The van der Waals surface area contributed by atoms with Gasteiger partial charge >= 0.3 is 29.6 Å². The first kappa shape index (κ1) is 7.79. The fraction of sp³-hybridized carbons (Fsp3) is 0. The average Bonchev–Trinajstić information content (AvgIpc) is 2.33. The molecule has 0 radical (unpaired) electrons. The Bertz CT molecular complexity index is 286. The van der Waals surface area contributed by atoms with Crippen LogP contribution in [0.2, 0.25) is 0 Å². The molecule has 0 saturated carbocycles. The first-order valence-corrected chi connectivity index (χ1v) is 2.85. The first-order valence-electron chi connectivity index (χ1n) is 2.85. The second kappa shape index (κ2) is 3.19. The number of benzene rings is 1. The zero-order chi connectivity index (χ0) is 6.10. The minimum atomic E-state index is 0. The number of hydrogen-bond donors (Lipinski definition) is 1. The Morgan fingerprint density at radius 1 is 1.20 bits per heavy atom. The molecule has 1 N–H and O–H groups in total. The molecule has 0 aliphatic carbocycles. The third kappa shape index (κ3) is 1.24. The summed E-state index contributed by atoms with van der Waals surface area (Å²) in [6.07, 6.45) is 1.81. The van der Waals surface area contributed by atoms with Crippen LogP contribution in [0.25, 0.3) is 10.9 Å². The van der Waals surface area contributed by atoms with E-state index in [0.29, 0.717) is 0 Å². The molecule has 0 spiro atoms. The maximum atomic E-state index is 3.88. The summed E-state index contributed by atoms with van der Waals surface area (Å²) in [5, 5.41) is 7.91. The van der Waals surface area contributed by atoms with Crippen molar-refractivity contribution in [3.05, 3.63) is 30.5 Å². The number of aromatic amines is 1. The molecule has 2 nitrogen and oxygen atoms in total. The van der Waals surface area contributed by atoms with Gasteiger partial charge in [-0.3, -0.25) is 5.10 Å². The van der Waals surface area contributed by atoms with Gasteiger partial charge in [0.2, 0.25) is 0 Å². The quantitative estimate of drug-likeness (QED) is 0.544. The fourth-order valence-electron chi connectivity index (χ4n) is 0.883. The van der Waals surface area contributed by atoms with Crippen LogP contribution in [0.1, 0.15) is 0 Å². The van der Waals surface area contributed by atoms with E-state index in [-0.39, 0.29) is 29.6 Å². The summed E-state index contributed by atoms with van der Waals surface area (Å²) in [7, 11) is 0. The van der Waals surface area contributed by atoms with Crippen LogP contribution in [-0.2, 0) is 0 Å². The number of aromatic nitrogens is 2. The molecule has 0 bridgehead atoms. The number of fused-ring (bicyclic) bond motifs is 1. The van der Waals surface area contributed by atoms with E-state index in [9.17, 15) is 0 Å². The summed E-state index contributed by atoms with van der Waals surface area (Å²) in [6, 6.07) is 8.01. The molecule has 0 fully saturated rings. The second-order valence-electron chi connectivity index (χ2n) is 1.96. The van der Waals surface area contributed by atoms with Crippen molar-refractivity contribution in [2.75, 3.05) is 0 Å². The Kier molecular flexibility index (Phi) is 2.49. The van der Waals surface area contributed by atoms with E-state index in [1.54, 1.807) is 0 Å². The van der Waals surface area contributed by atoms with Gasteiger partial charge in [-0.05, 0) is 6.07 Å². The van der Waals surface area contributed by atoms with Crippen LogP contribution in [0, 0.1) is 0 Å². The molecule has 0 atom stereocenters. The van der Waals surface area contributed by atoms with Gasteiger partial charge in [0.25, 0.3) is 0 Å². The Balaban J connectivity index is 0.000000500. The molecule has 0 aliphatic heterocycles. The van der Waals surface area contributed by atoms with Crippen LogP contribution < -0.4 is 0 Å². The molecular weight excluding hydrogens is 135 g/mol. The Labute approximate surface area is 80.9 Å². The molecule has 0 saturated heterocycles. The molecule has 2 aromatic rings. The van der Waals surface area contributed by atoms with Gasteiger partial charge in [0.05, 0.1) is 11.7 Å². The van der Waals surface area contributed by atoms with Gasteiger partial charge in [0, 0.05) is 5.39 Å². The van der Waals surface area contributed by atoms with Crippen molar-refractivity contribution in [2.45, 2.75) is 0 Å². The topological polar surface area (TPSA) is 28.7 Å². The van der Waals surface area contributed by atoms with Crippen molar-refractivity contribution in [1.29, 1.82) is 0 Å². The molecule has 46 valence electrons. The molecule has 10 heavy (non-hydrogen) atoms. The maximum Gasteiger partial charge on any atom is 0.0650 e. The van der Waals surface area contributed by atoms with Crippen molar-refractivity contribution < 1.29 is 0 Å². The normalized spacial score (nSPS) is 9.20. The molecule has 3 heteroatoms. The second-order valence-corrected chi connectivity index (χ2v) is 1.96. The van der Waals surface area contributed by atoms with E-state index in [4.69, 9.17) is 0 Å². The number of rotatable bonds is 0. The SMILES string of the molecule is [NaH].c1ccc2[nH]ncc2c1. The Hall–Kier alpha value is -0.310. The molecular formula is C7H7N2Na. The molecule has 0 unspecified atom stereocenters. The zero-order valence-electron chi connectivity index (χ0n) is 4.83. The van der Waals surface area contributed by atoms with Gasteiger partial charge in [-0.2, -0.15) is 5.10 Å². The van der Waals surface area contributed by atoms with E-state index in [1.165, 1.54) is 0 Å². The van der Waals surface area contributed by atoms with Crippen molar-refractivity contribution in [3.8, 4) is 0 Å². The van der Waals surface area contributed by atoms with Gasteiger partial charge in [0.1, 0.15) is 0 Å². The molecule has 1 aromatic heterocycles. The predicted molar refractivity (Wildman–Crippen MR) is 43.2 cm³/mol. The van der Waals surface area contributed by atoms with Crippen LogP contribution in [0.5, 0.6) is 0 Å². The van der Waals surface area contributed by atoms with E-state index >= 15 is 0 Å². The summed E-state index contributed by atoms with van der Waals surface area (Å²) < 4.78 is 0. The van der Waals surface area contributed by atoms with Crippen molar-refractivity contribution in [3.63, 3.8) is 0 Å². The zero-order valence-corrected chi connectivity index (χ0v) is 4.83. The number of nitrogens with one attached hydrogen (secondary N) is 1. The van der Waals surface area contributed by atoms with E-state index in [1.807, 2.05) is 30.5 Å². The van der Waals surface area contributed by atoms with Crippen molar-refractivity contribution >= 4 is 40.5 Å². The largest absolute Gasteiger partial charge is 0.278 e. The summed E-state index contributed by atoms with van der Waals surface area (Å²) in [6.45, 7) is 0. The minimum Gasteiger partial charge on any atom is -0.278 e. The van der Waals surface area contributed by atoms with E-state index < -0.39 is 0 Å². The molecule has 1 aromatic carbocycles. The van der Waals surface area contributed by atoms with Crippen molar-refractivity contribution in [2.24, 2.45) is 0 Å². The molecule has 0 amide bonds. The third-order valence-electron chi connectivity index (χ3n) is 1.35. The van der Waals surface area contributed by atoms with Crippen LogP contribution >= 0.6 is 0 Å². The fourth-order valence-corrected chi connectivity index (χ4v) is 0.883.